The maximum absolute atomic E-state index is 14.1. The van der Waals surface area contributed by atoms with E-state index in [4.69, 9.17) is 0 Å². The predicted octanol–water partition coefficient (Wildman–Crippen LogP) is 3.10. The Labute approximate surface area is 156 Å². The van der Waals surface area contributed by atoms with Crippen molar-refractivity contribution in [3.05, 3.63) is 71.8 Å². The number of ketones is 1. The number of Topliss-reactive ketones (excluding diaryl/α,β-unsaturated/α-hetero) is 1. The average molecular weight is 348 g/mol. The normalized spacial score (nSPS) is 29.7. The summed E-state index contributed by atoms with van der Waals surface area (Å²) in [5.74, 6) is 0.414. The Morgan fingerprint density at radius 2 is 1.04 bits per heavy atom. The number of carbonyl (C=O) groups is 1. The molecule has 136 valence electrons. The molecule has 0 amide bonds. The van der Waals surface area contributed by atoms with E-state index in [0.29, 0.717) is 5.78 Å². The maximum Gasteiger partial charge on any atom is 0.159 e. The Morgan fingerprint density at radius 3 is 1.35 bits per heavy atom. The lowest BCUT2D eigenvalue weighted by Crippen LogP contribution is -2.73. The van der Waals surface area contributed by atoms with Crippen LogP contribution in [0.4, 0.5) is 0 Å². The Bertz CT molecular complexity index is 694. The lowest BCUT2D eigenvalue weighted by molar-refractivity contribution is -0.144. The van der Waals surface area contributed by atoms with E-state index in [1.165, 1.54) is 11.1 Å². The second-order valence-corrected chi connectivity index (χ2v) is 7.83. The van der Waals surface area contributed by atoms with Gasteiger partial charge in [0.25, 0.3) is 0 Å². The van der Waals surface area contributed by atoms with Crippen LogP contribution in [-0.4, -0.2) is 54.9 Å². The van der Waals surface area contributed by atoms with Gasteiger partial charge >= 0.3 is 0 Å². The van der Waals surface area contributed by atoms with E-state index in [0.717, 1.165) is 39.3 Å². The molecule has 2 saturated heterocycles. The van der Waals surface area contributed by atoms with Gasteiger partial charge < -0.3 is 9.80 Å². The van der Waals surface area contributed by atoms with Crippen molar-refractivity contribution < 1.29 is 4.79 Å². The van der Waals surface area contributed by atoms with Crippen LogP contribution in [-0.2, 0) is 15.6 Å². The van der Waals surface area contributed by atoms with Gasteiger partial charge in [-0.1, -0.05) is 74.5 Å². The summed E-state index contributed by atoms with van der Waals surface area (Å²) in [6, 6.07) is 20.9. The van der Waals surface area contributed by atoms with Crippen molar-refractivity contribution in [1.29, 1.82) is 0 Å². The molecule has 0 atom stereocenters. The van der Waals surface area contributed by atoms with Crippen molar-refractivity contribution >= 4 is 5.78 Å². The van der Waals surface area contributed by atoms with Crippen molar-refractivity contribution in [2.24, 2.45) is 0 Å². The molecule has 2 aliphatic heterocycles. The SMILES string of the molecule is CCN1CC2(c3ccccc3)CN(CC)CC(c3ccccc3)(C1)C2=O. The van der Waals surface area contributed by atoms with Crippen molar-refractivity contribution in [3.63, 3.8) is 0 Å². The smallest absolute Gasteiger partial charge is 0.159 e. The van der Waals surface area contributed by atoms with E-state index in [2.05, 4.69) is 72.2 Å². The summed E-state index contributed by atoms with van der Waals surface area (Å²) in [6.07, 6.45) is 0. The molecule has 3 nitrogen and oxygen atoms in total. The molecular formula is C23H28N2O. The van der Waals surface area contributed by atoms with Crippen molar-refractivity contribution in [1.82, 2.24) is 9.80 Å². The minimum Gasteiger partial charge on any atom is -0.301 e. The van der Waals surface area contributed by atoms with E-state index < -0.39 is 10.8 Å². The van der Waals surface area contributed by atoms with Crippen LogP contribution in [0.15, 0.2) is 60.7 Å². The highest BCUT2D eigenvalue weighted by Crippen LogP contribution is 2.46. The van der Waals surface area contributed by atoms with Crippen LogP contribution >= 0.6 is 0 Å². The van der Waals surface area contributed by atoms with Crippen LogP contribution in [0.5, 0.6) is 0 Å². The molecule has 2 heterocycles. The number of likely N-dealkylation sites (tertiary alicyclic amines) is 2. The van der Waals surface area contributed by atoms with Gasteiger partial charge in [0.1, 0.15) is 0 Å². The third kappa shape index (κ3) is 2.53. The summed E-state index contributed by atoms with van der Waals surface area (Å²) in [5, 5.41) is 0. The van der Waals surface area contributed by atoms with Gasteiger partial charge in [0.2, 0.25) is 0 Å². The van der Waals surface area contributed by atoms with Gasteiger partial charge in [-0.05, 0) is 24.2 Å². The number of benzene rings is 2. The van der Waals surface area contributed by atoms with Crippen LogP contribution in [0, 0.1) is 0 Å². The van der Waals surface area contributed by atoms with E-state index >= 15 is 0 Å². The molecular weight excluding hydrogens is 320 g/mol. The Morgan fingerprint density at radius 1 is 0.692 bits per heavy atom. The Hall–Kier alpha value is -1.97. The van der Waals surface area contributed by atoms with E-state index in [1.54, 1.807) is 0 Å². The zero-order valence-corrected chi connectivity index (χ0v) is 15.8. The van der Waals surface area contributed by atoms with Crippen molar-refractivity contribution in [2.75, 3.05) is 39.3 Å². The molecule has 0 N–H and O–H groups in total. The van der Waals surface area contributed by atoms with Crippen LogP contribution in [0.1, 0.15) is 25.0 Å². The zero-order chi connectivity index (χ0) is 18.2. The van der Waals surface area contributed by atoms with E-state index in [9.17, 15) is 4.79 Å². The quantitative estimate of drug-likeness (QED) is 0.848. The first kappa shape index (κ1) is 17.4. The van der Waals surface area contributed by atoms with Crippen LogP contribution in [0.25, 0.3) is 0 Å². The van der Waals surface area contributed by atoms with Gasteiger partial charge in [0.15, 0.2) is 5.78 Å². The summed E-state index contributed by atoms with van der Waals surface area (Å²) in [5.41, 5.74) is 1.45. The average Bonchev–Trinajstić information content (AvgIpc) is 2.69. The van der Waals surface area contributed by atoms with Crippen LogP contribution in [0.3, 0.4) is 0 Å². The number of carbonyl (C=O) groups excluding carboxylic acids is 1. The summed E-state index contributed by atoms with van der Waals surface area (Å²) >= 11 is 0. The maximum atomic E-state index is 14.1. The molecule has 0 aliphatic carbocycles. The van der Waals surface area contributed by atoms with Crippen molar-refractivity contribution in [3.8, 4) is 0 Å². The first-order chi connectivity index (χ1) is 12.6. The highest BCUT2D eigenvalue weighted by atomic mass is 16.1. The third-order valence-corrected chi connectivity index (χ3v) is 6.39. The molecule has 2 bridgehead atoms. The van der Waals surface area contributed by atoms with Gasteiger partial charge in [-0.3, -0.25) is 4.79 Å². The van der Waals surface area contributed by atoms with E-state index in [-0.39, 0.29) is 0 Å². The minimum atomic E-state index is -0.445. The summed E-state index contributed by atoms with van der Waals surface area (Å²) in [7, 11) is 0. The first-order valence-electron chi connectivity index (χ1n) is 9.75. The number of nitrogens with zero attached hydrogens (tertiary/aromatic N) is 2. The topological polar surface area (TPSA) is 23.6 Å². The van der Waals surface area contributed by atoms with Crippen molar-refractivity contribution in [2.45, 2.75) is 24.7 Å². The number of likely N-dealkylation sites (N-methyl/N-ethyl adjacent to an activating group) is 2. The third-order valence-electron chi connectivity index (χ3n) is 6.39. The molecule has 0 aromatic heterocycles. The largest absolute Gasteiger partial charge is 0.301 e. The number of hydrogen-bond acceptors (Lipinski definition) is 3. The monoisotopic (exact) mass is 348 g/mol. The molecule has 2 aliphatic rings. The predicted molar refractivity (Wildman–Crippen MR) is 105 cm³/mol. The molecule has 4 rings (SSSR count). The number of rotatable bonds is 4. The number of piperidine rings is 2. The van der Waals surface area contributed by atoms with Gasteiger partial charge in [-0.15, -0.1) is 0 Å². The fraction of sp³-hybridized carbons (Fsp3) is 0.435. The number of fused-ring (bicyclic) bond motifs is 2. The minimum absolute atomic E-state index is 0.414. The Balaban J connectivity index is 1.92. The summed E-state index contributed by atoms with van der Waals surface area (Å²) in [4.78, 5) is 19.1. The molecule has 2 aromatic carbocycles. The molecule has 3 heteroatoms. The number of hydrogen-bond donors (Lipinski definition) is 0. The zero-order valence-electron chi connectivity index (χ0n) is 15.8. The molecule has 0 spiro atoms. The highest BCUT2D eigenvalue weighted by Gasteiger charge is 2.60. The fourth-order valence-electron chi connectivity index (χ4n) is 5.07. The molecule has 0 unspecified atom stereocenters. The fourth-order valence-corrected chi connectivity index (χ4v) is 5.07. The van der Waals surface area contributed by atoms with Gasteiger partial charge in [-0.2, -0.15) is 0 Å². The lowest BCUT2D eigenvalue weighted by Gasteiger charge is -2.57. The molecule has 0 saturated carbocycles. The van der Waals surface area contributed by atoms with Crippen LogP contribution < -0.4 is 0 Å². The molecule has 2 fully saturated rings. The van der Waals surface area contributed by atoms with Gasteiger partial charge in [-0.25, -0.2) is 0 Å². The molecule has 0 radical (unpaired) electrons. The van der Waals surface area contributed by atoms with Crippen LogP contribution in [0.2, 0.25) is 0 Å². The standard InChI is InChI=1S/C23H28N2O/c1-3-24-15-22(19-11-7-5-8-12-19)17-25(4-2)18-23(16-24,21(22)26)20-13-9-6-10-14-20/h5-14H,3-4,15-18H2,1-2H3. The highest BCUT2D eigenvalue weighted by molar-refractivity contribution is 6.01. The molecule has 26 heavy (non-hydrogen) atoms. The van der Waals surface area contributed by atoms with Gasteiger partial charge in [0, 0.05) is 26.2 Å². The Kier molecular flexibility index (Phi) is 4.45. The summed E-state index contributed by atoms with van der Waals surface area (Å²) in [6.45, 7) is 9.63. The molecule has 2 aromatic rings. The second-order valence-electron chi connectivity index (χ2n) is 7.83. The lowest BCUT2D eigenvalue weighted by atomic mass is 9.57. The second kappa shape index (κ2) is 6.64. The summed E-state index contributed by atoms with van der Waals surface area (Å²) < 4.78 is 0. The van der Waals surface area contributed by atoms with E-state index in [1.807, 2.05) is 12.1 Å². The van der Waals surface area contributed by atoms with Gasteiger partial charge in [0.05, 0.1) is 10.8 Å². The first-order valence-corrected chi connectivity index (χ1v) is 9.75.